The van der Waals surface area contributed by atoms with E-state index in [1.165, 1.54) is 23.1 Å². The molecule has 1 saturated heterocycles. The molecular formula is C22H22Cl2N6O2. The zero-order valence-corrected chi connectivity index (χ0v) is 19.2. The molecule has 0 unspecified atom stereocenters. The van der Waals surface area contributed by atoms with Gasteiger partial charge in [-0.25, -0.2) is 9.97 Å². The predicted molar refractivity (Wildman–Crippen MR) is 129 cm³/mol. The molecule has 1 aromatic heterocycles. The van der Waals surface area contributed by atoms with E-state index in [4.69, 9.17) is 23.2 Å². The van der Waals surface area contributed by atoms with Crippen molar-refractivity contribution in [2.75, 3.05) is 41.3 Å². The minimum Gasteiger partial charge on any atom is -0.368 e. The highest BCUT2D eigenvalue weighted by atomic mass is 35.5. The lowest BCUT2D eigenvalue weighted by atomic mass is 10.1. The van der Waals surface area contributed by atoms with E-state index in [1.807, 2.05) is 4.90 Å². The van der Waals surface area contributed by atoms with Crippen LogP contribution in [-0.4, -0.2) is 41.1 Å². The smallest absolute Gasteiger partial charge is 0.353 e. The van der Waals surface area contributed by atoms with Gasteiger partial charge in [-0.3, -0.25) is 10.1 Å². The second-order valence-electron chi connectivity index (χ2n) is 7.60. The van der Waals surface area contributed by atoms with E-state index in [9.17, 15) is 10.1 Å². The number of nitro groups is 1. The number of hydrogen-bond donors (Lipinski definition) is 1. The molecule has 32 heavy (non-hydrogen) atoms. The average Bonchev–Trinajstić information content (AvgIpc) is 2.78. The SMILES string of the molecule is Cc1cccc(N2CCN(c3ncnc(Nc4ccc(Cl)c(Cl)c4)c3[N+](=O)[O-])CC2)c1C. The number of hydrogen-bond acceptors (Lipinski definition) is 7. The van der Waals surface area contributed by atoms with Crippen LogP contribution in [-0.2, 0) is 0 Å². The average molecular weight is 473 g/mol. The summed E-state index contributed by atoms with van der Waals surface area (Å²) >= 11 is 12.0. The van der Waals surface area contributed by atoms with Crippen molar-refractivity contribution in [1.29, 1.82) is 0 Å². The summed E-state index contributed by atoms with van der Waals surface area (Å²) in [5.41, 5.74) is 4.07. The van der Waals surface area contributed by atoms with Crippen LogP contribution in [0, 0.1) is 24.0 Å². The molecule has 1 aliphatic rings. The fourth-order valence-electron chi connectivity index (χ4n) is 3.81. The van der Waals surface area contributed by atoms with Gasteiger partial charge < -0.3 is 15.1 Å². The van der Waals surface area contributed by atoms with Crippen molar-refractivity contribution in [3.05, 3.63) is 74.0 Å². The summed E-state index contributed by atoms with van der Waals surface area (Å²) in [6, 6.07) is 11.2. The Morgan fingerprint density at radius 3 is 2.41 bits per heavy atom. The third-order valence-corrected chi connectivity index (χ3v) is 6.40. The van der Waals surface area contributed by atoms with Gasteiger partial charge in [0.05, 0.1) is 15.0 Å². The molecule has 10 heteroatoms. The van der Waals surface area contributed by atoms with E-state index >= 15 is 0 Å². The summed E-state index contributed by atoms with van der Waals surface area (Å²) in [4.78, 5) is 24.1. The van der Waals surface area contributed by atoms with E-state index in [0.29, 0.717) is 34.6 Å². The van der Waals surface area contributed by atoms with Gasteiger partial charge in [-0.15, -0.1) is 0 Å². The molecule has 0 saturated carbocycles. The number of piperazine rings is 1. The van der Waals surface area contributed by atoms with Gasteiger partial charge in [-0.05, 0) is 49.2 Å². The Labute approximate surface area is 195 Å². The molecule has 166 valence electrons. The van der Waals surface area contributed by atoms with Gasteiger partial charge in [-0.2, -0.15) is 0 Å². The van der Waals surface area contributed by atoms with Crippen molar-refractivity contribution in [2.24, 2.45) is 0 Å². The maximum Gasteiger partial charge on any atom is 0.353 e. The first-order chi connectivity index (χ1) is 15.3. The van der Waals surface area contributed by atoms with Crippen LogP contribution in [0.25, 0.3) is 0 Å². The zero-order valence-electron chi connectivity index (χ0n) is 17.7. The molecule has 0 amide bonds. The molecule has 3 aromatic rings. The Balaban J connectivity index is 1.57. The quantitative estimate of drug-likeness (QED) is 0.393. The highest BCUT2D eigenvalue weighted by Gasteiger charge is 2.29. The van der Waals surface area contributed by atoms with Crippen LogP contribution in [0.5, 0.6) is 0 Å². The molecule has 4 rings (SSSR count). The first-order valence-corrected chi connectivity index (χ1v) is 10.9. The molecule has 2 heterocycles. The molecule has 0 spiro atoms. The van der Waals surface area contributed by atoms with Gasteiger partial charge in [0, 0.05) is 37.6 Å². The van der Waals surface area contributed by atoms with Crippen molar-refractivity contribution >= 4 is 51.9 Å². The zero-order chi connectivity index (χ0) is 22.8. The Bertz CT molecular complexity index is 1170. The van der Waals surface area contributed by atoms with Crippen LogP contribution < -0.4 is 15.1 Å². The van der Waals surface area contributed by atoms with E-state index in [2.05, 4.69) is 52.2 Å². The fraction of sp³-hybridized carbons (Fsp3) is 0.273. The van der Waals surface area contributed by atoms with Crippen LogP contribution in [0.2, 0.25) is 10.0 Å². The lowest BCUT2D eigenvalue weighted by Crippen LogP contribution is -2.47. The largest absolute Gasteiger partial charge is 0.368 e. The van der Waals surface area contributed by atoms with Gasteiger partial charge in [0.15, 0.2) is 0 Å². The molecule has 0 radical (unpaired) electrons. The molecule has 0 aliphatic carbocycles. The molecule has 0 bridgehead atoms. The minimum absolute atomic E-state index is 0.107. The van der Waals surface area contributed by atoms with E-state index in [0.717, 1.165) is 13.1 Å². The molecule has 8 nitrogen and oxygen atoms in total. The standard InChI is InChI=1S/C22H22Cl2N6O2/c1-14-4-3-5-19(15(14)2)28-8-10-29(11-9-28)22-20(30(31)32)21(25-13-26-22)27-16-6-7-17(23)18(24)12-16/h3-7,12-13H,8-11H2,1-2H3,(H,25,26,27). The number of aromatic nitrogens is 2. The van der Waals surface area contributed by atoms with Crippen molar-refractivity contribution in [3.63, 3.8) is 0 Å². The molecule has 1 fully saturated rings. The first-order valence-electron chi connectivity index (χ1n) is 10.1. The molecule has 0 atom stereocenters. The van der Waals surface area contributed by atoms with Crippen molar-refractivity contribution in [2.45, 2.75) is 13.8 Å². The molecule has 2 aromatic carbocycles. The lowest BCUT2D eigenvalue weighted by Gasteiger charge is -2.37. The number of benzene rings is 2. The van der Waals surface area contributed by atoms with Crippen LogP contribution in [0.3, 0.4) is 0 Å². The normalized spacial score (nSPS) is 13.9. The summed E-state index contributed by atoms with van der Waals surface area (Å²) in [7, 11) is 0. The lowest BCUT2D eigenvalue weighted by molar-refractivity contribution is -0.383. The maximum absolute atomic E-state index is 12.0. The molecule has 1 aliphatic heterocycles. The van der Waals surface area contributed by atoms with Gasteiger partial charge in [-0.1, -0.05) is 35.3 Å². The topological polar surface area (TPSA) is 87.4 Å². The monoisotopic (exact) mass is 472 g/mol. The predicted octanol–water partition coefficient (Wildman–Crippen LogP) is 5.38. The van der Waals surface area contributed by atoms with Gasteiger partial charge >= 0.3 is 5.69 Å². The third-order valence-electron chi connectivity index (χ3n) is 5.66. The van der Waals surface area contributed by atoms with E-state index in [-0.39, 0.29) is 11.5 Å². The summed E-state index contributed by atoms with van der Waals surface area (Å²) in [6.45, 7) is 6.91. The van der Waals surface area contributed by atoms with E-state index in [1.54, 1.807) is 18.2 Å². The van der Waals surface area contributed by atoms with Crippen LogP contribution >= 0.6 is 23.2 Å². The minimum atomic E-state index is -0.452. The maximum atomic E-state index is 12.0. The Morgan fingerprint density at radius 1 is 1.00 bits per heavy atom. The summed E-state index contributed by atoms with van der Waals surface area (Å²) in [6.07, 6.45) is 1.33. The summed E-state index contributed by atoms with van der Waals surface area (Å²) in [5.74, 6) is 0.406. The van der Waals surface area contributed by atoms with Gasteiger partial charge in [0.2, 0.25) is 11.6 Å². The number of anilines is 4. The summed E-state index contributed by atoms with van der Waals surface area (Å²) < 4.78 is 0. The van der Waals surface area contributed by atoms with Crippen LogP contribution in [0.1, 0.15) is 11.1 Å². The van der Waals surface area contributed by atoms with Crippen molar-refractivity contribution in [3.8, 4) is 0 Å². The van der Waals surface area contributed by atoms with E-state index < -0.39 is 4.92 Å². The second kappa shape index (κ2) is 9.18. The summed E-state index contributed by atoms with van der Waals surface area (Å²) in [5, 5.41) is 15.7. The highest BCUT2D eigenvalue weighted by Crippen LogP contribution is 2.35. The number of nitrogens with zero attached hydrogens (tertiary/aromatic N) is 5. The van der Waals surface area contributed by atoms with Gasteiger partial charge in [0.1, 0.15) is 6.33 Å². The van der Waals surface area contributed by atoms with Crippen molar-refractivity contribution in [1.82, 2.24) is 9.97 Å². The Hall–Kier alpha value is -3.10. The van der Waals surface area contributed by atoms with Crippen molar-refractivity contribution < 1.29 is 4.92 Å². The van der Waals surface area contributed by atoms with Gasteiger partial charge in [0.25, 0.3) is 0 Å². The number of aryl methyl sites for hydroxylation is 1. The van der Waals surface area contributed by atoms with Crippen LogP contribution in [0.15, 0.2) is 42.7 Å². The first kappa shape index (κ1) is 22.1. The second-order valence-corrected chi connectivity index (χ2v) is 8.41. The number of rotatable bonds is 5. The number of nitrogens with one attached hydrogen (secondary N) is 1. The Kier molecular flexibility index (Phi) is 6.34. The van der Waals surface area contributed by atoms with Crippen LogP contribution in [0.4, 0.5) is 28.7 Å². The fourth-order valence-corrected chi connectivity index (χ4v) is 4.11. The number of halogens is 2. The Morgan fingerprint density at radius 2 is 1.72 bits per heavy atom. The molecule has 1 N–H and O–H groups in total. The third kappa shape index (κ3) is 4.42. The molecular weight excluding hydrogens is 451 g/mol. The highest BCUT2D eigenvalue weighted by molar-refractivity contribution is 6.42.